The topological polar surface area (TPSA) is 98.7 Å². The lowest BCUT2D eigenvalue weighted by Gasteiger charge is -2.27. The highest BCUT2D eigenvalue weighted by Gasteiger charge is 2.42. The standard InChI is InChI=1S/C38H50N4O3/c1-37(2)28-18-11-13-21-31(28)41(5)33(37)23-8-6-9-24-34-38(3,4)29-19-12-14-22-32(29)42(34)27-17-7-10-25-35(43)40-30(36(44)45)20-15-16-26-39/h6,8-9,11-14,18-19,21-24,30H,7,10,15-17,20,25-27,39H2,1-5H3,(H-,40,43,44,45)/p+1. The van der Waals surface area contributed by atoms with Crippen molar-refractivity contribution >= 4 is 29.0 Å². The van der Waals surface area contributed by atoms with Crippen molar-refractivity contribution in [2.45, 2.75) is 89.5 Å². The molecule has 4 N–H and O–H groups in total. The van der Waals surface area contributed by atoms with Crippen LogP contribution in [-0.2, 0) is 20.4 Å². The number of para-hydroxylation sites is 2. The molecule has 240 valence electrons. The van der Waals surface area contributed by atoms with Crippen LogP contribution in [0.1, 0.15) is 83.8 Å². The Morgan fingerprint density at radius 2 is 1.62 bits per heavy atom. The highest BCUT2D eigenvalue weighted by atomic mass is 16.4. The minimum atomic E-state index is -0.987. The Bertz CT molecular complexity index is 1500. The molecular weight excluding hydrogens is 560 g/mol. The number of carboxylic acid groups (broad SMARTS) is 1. The number of anilines is 1. The number of benzene rings is 2. The van der Waals surface area contributed by atoms with Crippen LogP contribution in [0.5, 0.6) is 0 Å². The summed E-state index contributed by atoms with van der Waals surface area (Å²) in [5.41, 5.74) is 13.0. The second-order valence-corrected chi connectivity index (χ2v) is 13.2. The summed E-state index contributed by atoms with van der Waals surface area (Å²) in [4.78, 5) is 26.4. The van der Waals surface area contributed by atoms with Crippen LogP contribution in [0.15, 0.2) is 84.6 Å². The van der Waals surface area contributed by atoms with Gasteiger partial charge in [0.1, 0.15) is 13.1 Å². The zero-order valence-electron chi connectivity index (χ0n) is 27.7. The minimum absolute atomic E-state index is 0.0524. The number of hydrogen-bond acceptors (Lipinski definition) is 4. The quantitative estimate of drug-likeness (QED) is 0.118. The summed E-state index contributed by atoms with van der Waals surface area (Å²) in [6, 6.07) is 16.4. The maximum absolute atomic E-state index is 12.4. The summed E-state index contributed by atoms with van der Waals surface area (Å²) < 4.78 is 2.29. The van der Waals surface area contributed by atoms with E-state index in [2.05, 4.69) is 128 Å². The van der Waals surface area contributed by atoms with Gasteiger partial charge in [-0.2, -0.15) is 4.58 Å². The van der Waals surface area contributed by atoms with E-state index in [1.165, 1.54) is 33.9 Å². The van der Waals surface area contributed by atoms with Gasteiger partial charge in [0.15, 0.2) is 5.71 Å². The number of rotatable bonds is 15. The first-order valence-corrected chi connectivity index (χ1v) is 16.4. The third-order valence-electron chi connectivity index (χ3n) is 9.34. The fraction of sp³-hybridized carbons (Fsp3) is 0.447. The van der Waals surface area contributed by atoms with Crippen LogP contribution >= 0.6 is 0 Å². The van der Waals surface area contributed by atoms with Gasteiger partial charge in [-0.3, -0.25) is 4.79 Å². The van der Waals surface area contributed by atoms with E-state index in [9.17, 15) is 14.7 Å². The third kappa shape index (κ3) is 7.64. The lowest BCUT2D eigenvalue weighted by Crippen LogP contribution is -2.40. The van der Waals surface area contributed by atoms with Gasteiger partial charge in [-0.25, -0.2) is 4.79 Å². The molecule has 1 unspecified atom stereocenters. The number of fused-ring (bicyclic) bond motifs is 2. The molecule has 0 saturated carbocycles. The van der Waals surface area contributed by atoms with Crippen LogP contribution < -0.4 is 16.0 Å². The number of amides is 1. The maximum Gasteiger partial charge on any atom is 0.326 e. The highest BCUT2D eigenvalue weighted by molar-refractivity contribution is 6.03. The molecule has 0 fully saturated rings. The van der Waals surface area contributed by atoms with Crippen LogP contribution in [0.25, 0.3) is 0 Å². The molecule has 2 aromatic carbocycles. The van der Waals surface area contributed by atoms with Crippen molar-refractivity contribution in [2.24, 2.45) is 5.73 Å². The van der Waals surface area contributed by atoms with Crippen molar-refractivity contribution in [3.8, 4) is 0 Å². The number of unbranched alkanes of at least 4 members (excludes halogenated alkanes) is 3. The molecule has 0 radical (unpaired) electrons. The van der Waals surface area contributed by atoms with Crippen LogP contribution in [0.2, 0.25) is 0 Å². The summed E-state index contributed by atoms with van der Waals surface area (Å²) in [5, 5.41) is 12.1. The van der Waals surface area contributed by atoms with Crippen molar-refractivity contribution in [1.82, 2.24) is 5.32 Å². The summed E-state index contributed by atoms with van der Waals surface area (Å²) in [7, 11) is 2.14. The first-order valence-electron chi connectivity index (χ1n) is 16.4. The van der Waals surface area contributed by atoms with Gasteiger partial charge in [-0.15, -0.1) is 0 Å². The molecule has 0 saturated heterocycles. The Morgan fingerprint density at radius 1 is 0.911 bits per heavy atom. The predicted octanol–water partition coefficient (Wildman–Crippen LogP) is 6.75. The predicted molar refractivity (Wildman–Crippen MR) is 184 cm³/mol. The average Bonchev–Trinajstić information content (AvgIpc) is 3.34. The van der Waals surface area contributed by atoms with Crippen LogP contribution in [0, 0.1) is 0 Å². The van der Waals surface area contributed by atoms with Gasteiger partial charge in [0.05, 0.1) is 5.41 Å². The van der Waals surface area contributed by atoms with E-state index in [0.29, 0.717) is 25.8 Å². The smallest absolute Gasteiger partial charge is 0.326 e. The van der Waals surface area contributed by atoms with Crippen LogP contribution in [-0.4, -0.2) is 53.4 Å². The van der Waals surface area contributed by atoms with Gasteiger partial charge in [-0.05, 0) is 70.2 Å². The van der Waals surface area contributed by atoms with E-state index in [1.54, 1.807) is 0 Å². The summed E-state index contributed by atoms with van der Waals surface area (Å²) in [5.74, 6) is -1.19. The molecular formula is C38H51N4O3+. The molecule has 0 aliphatic carbocycles. The van der Waals surface area contributed by atoms with Crippen molar-refractivity contribution < 1.29 is 19.3 Å². The number of aliphatic carboxylic acids is 1. The number of hydrogen-bond donors (Lipinski definition) is 3. The third-order valence-corrected chi connectivity index (χ3v) is 9.34. The van der Waals surface area contributed by atoms with E-state index in [1.807, 2.05) is 0 Å². The number of carboxylic acids is 1. The highest BCUT2D eigenvalue weighted by Crippen LogP contribution is 2.47. The second kappa shape index (κ2) is 14.9. The molecule has 0 aromatic heterocycles. The molecule has 7 nitrogen and oxygen atoms in total. The summed E-state index contributed by atoms with van der Waals surface area (Å²) in [6.45, 7) is 10.5. The summed E-state index contributed by atoms with van der Waals surface area (Å²) >= 11 is 0. The van der Waals surface area contributed by atoms with Crippen LogP contribution in [0.3, 0.4) is 0 Å². The monoisotopic (exact) mass is 611 g/mol. The Labute approximate surface area is 269 Å². The van der Waals surface area contributed by atoms with Gasteiger partial charge in [0.2, 0.25) is 11.6 Å². The van der Waals surface area contributed by atoms with Gasteiger partial charge < -0.3 is 21.1 Å². The summed E-state index contributed by atoms with van der Waals surface area (Å²) in [6.07, 6.45) is 15.5. The van der Waals surface area contributed by atoms with Crippen LogP contribution in [0.4, 0.5) is 11.4 Å². The molecule has 45 heavy (non-hydrogen) atoms. The molecule has 2 heterocycles. The molecule has 0 spiro atoms. The van der Waals surface area contributed by atoms with Gasteiger partial charge in [0, 0.05) is 47.5 Å². The number of nitrogens with zero attached hydrogens (tertiary/aromatic N) is 2. The maximum atomic E-state index is 12.4. The lowest BCUT2D eigenvalue weighted by molar-refractivity contribution is -0.401. The van der Waals surface area contributed by atoms with E-state index < -0.39 is 12.0 Å². The number of nitrogens with one attached hydrogen (secondary N) is 1. The Morgan fingerprint density at radius 3 is 2.33 bits per heavy atom. The number of carbonyl (C=O) groups is 2. The molecule has 0 bridgehead atoms. The Kier molecular flexibility index (Phi) is 11.2. The number of carbonyl (C=O) groups excluding carboxylic acids is 1. The van der Waals surface area contributed by atoms with Gasteiger partial charge in [0.25, 0.3) is 0 Å². The lowest BCUT2D eigenvalue weighted by atomic mass is 9.81. The van der Waals surface area contributed by atoms with Crippen molar-refractivity contribution in [3.05, 3.63) is 95.7 Å². The number of nitrogens with two attached hydrogens (primary N) is 1. The molecule has 7 heteroatoms. The van der Waals surface area contributed by atoms with Gasteiger partial charge in [-0.1, -0.05) is 74.9 Å². The minimum Gasteiger partial charge on any atom is -0.480 e. The molecule has 2 aliphatic heterocycles. The zero-order chi connectivity index (χ0) is 32.6. The van der Waals surface area contributed by atoms with Crippen molar-refractivity contribution in [1.29, 1.82) is 0 Å². The van der Waals surface area contributed by atoms with E-state index >= 15 is 0 Å². The molecule has 4 rings (SSSR count). The number of allylic oxidation sites excluding steroid dienone is 6. The van der Waals surface area contributed by atoms with Crippen molar-refractivity contribution in [2.75, 3.05) is 25.0 Å². The molecule has 2 aliphatic rings. The fourth-order valence-corrected chi connectivity index (χ4v) is 6.79. The van der Waals surface area contributed by atoms with Gasteiger partial charge >= 0.3 is 5.97 Å². The second-order valence-electron chi connectivity index (χ2n) is 13.2. The van der Waals surface area contributed by atoms with E-state index in [0.717, 1.165) is 32.2 Å². The first-order chi connectivity index (χ1) is 21.5. The SMILES string of the molecule is C[N+]1=C(/C=C/C=C/C=C2\N(CCCCCC(=O)NC(CCCCN)C(=O)O)c3ccccc3C2(C)C)C(C)(C)c2ccccc21. The van der Waals surface area contributed by atoms with E-state index in [4.69, 9.17) is 5.73 Å². The Balaban J connectivity index is 1.37. The first kappa shape index (κ1) is 33.9. The molecule has 1 atom stereocenters. The zero-order valence-corrected chi connectivity index (χ0v) is 27.7. The largest absolute Gasteiger partial charge is 0.480 e. The van der Waals surface area contributed by atoms with E-state index in [-0.39, 0.29) is 16.7 Å². The fourth-order valence-electron chi connectivity index (χ4n) is 6.79. The Hall–Kier alpha value is -3.97. The van der Waals surface area contributed by atoms with Crippen molar-refractivity contribution in [3.63, 3.8) is 0 Å². The normalized spacial score (nSPS) is 18.2. The average molecular weight is 612 g/mol. The molecule has 2 aromatic rings. The molecule has 1 amide bonds.